The van der Waals surface area contributed by atoms with Gasteiger partial charge in [-0.25, -0.2) is 0 Å². The summed E-state index contributed by atoms with van der Waals surface area (Å²) < 4.78 is 35.9. The summed E-state index contributed by atoms with van der Waals surface area (Å²) in [5.41, 5.74) is -1.46. The molecule has 0 aromatic heterocycles. The lowest BCUT2D eigenvalue weighted by Crippen LogP contribution is -2.47. The molecule has 316 valence electrons. The van der Waals surface area contributed by atoms with Gasteiger partial charge in [0.1, 0.15) is 30.8 Å². The maximum atomic E-state index is 11.7. The minimum atomic E-state index is -0.474. The summed E-state index contributed by atoms with van der Waals surface area (Å²) in [5, 5.41) is 9.06. The van der Waals surface area contributed by atoms with Gasteiger partial charge in [0.05, 0.1) is 67.2 Å². The molecule has 0 aliphatic carbocycles. The molecular weight excluding hydrogens is 708 g/mol. The standard InChI is InChI=1S/C12H22O3.C12H16O3.C10H18O3.C9H16O3/c1-5-11(3,4)10(13)15-9-12(6-2)7-14-8-12;1-4-12(2,3)11(14)15-10-7-5-9(13)6-8-10;1-4-8-6-13-7-10(8,5-2)9(11)12-3;1-4-9(2,3)8(10)12-6-7-5-11-7/h5-9H2,1-4H3;5-8,13H,4H2,1-3H3;8H,4-7H2,1-3H3;7H,4-6H2,1-3H3. The first-order valence-electron chi connectivity index (χ1n) is 19.9. The third-order valence-electron chi connectivity index (χ3n) is 11.4. The predicted molar refractivity (Wildman–Crippen MR) is 210 cm³/mol. The molecule has 3 aliphatic heterocycles. The number of epoxide rings is 1. The van der Waals surface area contributed by atoms with Gasteiger partial charge in [0.2, 0.25) is 0 Å². The molecule has 12 heteroatoms. The number of phenols is 1. The molecule has 1 N–H and O–H groups in total. The number of hydrogen-bond donors (Lipinski definition) is 1. The highest BCUT2D eigenvalue weighted by molar-refractivity contribution is 5.78. The number of carbonyl (C=O) groups is 4. The van der Waals surface area contributed by atoms with Crippen LogP contribution in [0, 0.1) is 33.0 Å². The Hall–Kier alpha value is -3.22. The molecule has 12 nitrogen and oxygen atoms in total. The fourth-order valence-electron chi connectivity index (χ4n) is 5.05. The van der Waals surface area contributed by atoms with Gasteiger partial charge >= 0.3 is 23.9 Å². The van der Waals surface area contributed by atoms with Crippen LogP contribution < -0.4 is 4.74 Å². The lowest BCUT2D eigenvalue weighted by Gasteiger charge is -2.40. The van der Waals surface area contributed by atoms with Crippen molar-refractivity contribution < 1.29 is 57.4 Å². The van der Waals surface area contributed by atoms with Crippen LogP contribution in [0.1, 0.15) is 122 Å². The number of hydrogen-bond acceptors (Lipinski definition) is 12. The summed E-state index contributed by atoms with van der Waals surface area (Å²) in [6, 6.07) is 6.11. The van der Waals surface area contributed by atoms with E-state index in [1.54, 1.807) is 12.1 Å². The van der Waals surface area contributed by atoms with Gasteiger partial charge < -0.3 is 38.3 Å². The van der Waals surface area contributed by atoms with E-state index in [1.165, 1.54) is 19.2 Å². The largest absolute Gasteiger partial charge is 0.508 e. The highest BCUT2D eigenvalue weighted by Crippen LogP contribution is 2.40. The van der Waals surface area contributed by atoms with Crippen LogP contribution in [0.3, 0.4) is 0 Å². The summed E-state index contributed by atoms with van der Waals surface area (Å²) in [6.45, 7) is 27.8. The first kappa shape index (κ1) is 49.8. The van der Waals surface area contributed by atoms with Crippen molar-refractivity contribution in [2.24, 2.45) is 33.0 Å². The van der Waals surface area contributed by atoms with E-state index in [1.807, 2.05) is 69.2 Å². The fraction of sp³-hybridized carbons (Fsp3) is 0.767. The molecule has 1 aromatic rings. The molecule has 1 aromatic carbocycles. The Morgan fingerprint density at radius 2 is 1.24 bits per heavy atom. The molecule has 0 spiro atoms. The van der Waals surface area contributed by atoms with Gasteiger partial charge in [-0.3, -0.25) is 19.2 Å². The number of esters is 4. The van der Waals surface area contributed by atoms with E-state index in [4.69, 9.17) is 38.3 Å². The lowest BCUT2D eigenvalue weighted by molar-refractivity contribution is -0.178. The third kappa shape index (κ3) is 15.3. The molecular formula is C43H72O12. The van der Waals surface area contributed by atoms with Crippen molar-refractivity contribution in [3.63, 3.8) is 0 Å². The van der Waals surface area contributed by atoms with E-state index in [0.717, 1.165) is 58.3 Å². The molecule has 3 aliphatic rings. The highest BCUT2D eigenvalue weighted by atomic mass is 16.6. The van der Waals surface area contributed by atoms with Crippen LogP contribution in [-0.2, 0) is 47.6 Å². The van der Waals surface area contributed by atoms with Gasteiger partial charge in [0, 0.05) is 5.92 Å². The summed E-state index contributed by atoms with van der Waals surface area (Å²) >= 11 is 0. The fourth-order valence-corrected chi connectivity index (χ4v) is 5.05. The molecule has 0 bridgehead atoms. The van der Waals surface area contributed by atoms with Crippen molar-refractivity contribution in [1.29, 1.82) is 0 Å². The maximum Gasteiger partial charge on any atom is 0.316 e. The van der Waals surface area contributed by atoms with E-state index in [0.29, 0.717) is 38.1 Å². The Kier molecular flexibility index (Phi) is 20.4. The second-order valence-electron chi connectivity index (χ2n) is 16.7. The molecule has 3 heterocycles. The molecule has 0 radical (unpaired) electrons. The SMILES string of the molecule is CCC(C)(C)C(=O)OCC1CO1.CCC(C)(C)C(=O)Oc1ccc(O)cc1.CCC1(COC(=O)C(C)(C)CC)COC1.CCC1COCC1(CC)C(=O)OC. The van der Waals surface area contributed by atoms with Crippen molar-refractivity contribution in [2.75, 3.05) is 53.4 Å². The molecule has 3 unspecified atom stereocenters. The van der Waals surface area contributed by atoms with E-state index in [-0.39, 0.29) is 57.4 Å². The molecule has 3 atom stereocenters. The van der Waals surface area contributed by atoms with E-state index < -0.39 is 5.41 Å². The van der Waals surface area contributed by atoms with Crippen LogP contribution in [0.25, 0.3) is 0 Å². The molecule has 3 saturated heterocycles. The number of benzene rings is 1. The van der Waals surface area contributed by atoms with Crippen LogP contribution in [0.2, 0.25) is 0 Å². The zero-order chi connectivity index (χ0) is 42.1. The Bertz CT molecular complexity index is 1320. The van der Waals surface area contributed by atoms with Crippen molar-refractivity contribution in [2.45, 2.75) is 128 Å². The van der Waals surface area contributed by atoms with Gasteiger partial charge in [-0.2, -0.15) is 0 Å². The van der Waals surface area contributed by atoms with Gasteiger partial charge in [-0.15, -0.1) is 0 Å². The Labute approximate surface area is 330 Å². The Morgan fingerprint density at radius 3 is 1.64 bits per heavy atom. The van der Waals surface area contributed by atoms with Gasteiger partial charge in [-0.1, -0.05) is 41.5 Å². The second kappa shape index (κ2) is 22.5. The third-order valence-corrected chi connectivity index (χ3v) is 11.4. The molecule has 3 fully saturated rings. The highest BCUT2D eigenvalue weighted by Gasteiger charge is 2.48. The van der Waals surface area contributed by atoms with Crippen LogP contribution in [0.5, 0.6) is 11.5 Å². The monoisotopic (exact) mass is 781 g/mol. The summed E-state index contributed by atoms with van der Waals surface area (Å²) in [5.74, 6) is 0.356. The van der Waals surface area contributed by atoms with Gasteiger partial charge in [-0.05, 0) is 104 Å². The molecule has 0 amide bonds. The Balaban J connectivity index is 0.000000368. The zero-order valence-corrected chi connectivity index (χ0v) is 36.1. The van der Waals surface area contributed by atoms with Crippen LogP contribution in [0.4, 0.5) is 0 Å². The lowest BCUT2D eigenvalue weighted by atomic mass is 9.74. The minimum absolute atomic E-state index is 0.0928. The molecule has 55 heavy (non-hydrogen) atoms. The number of carbonyl (C=O) groups excluding carboxylic acids is 4. The number of aromatic hydroxyl groups is 1. The van der Waals surface area contributed by atoms with Crippen LogP contribution in [0.15, 0.2) is 24.3 Å². The number of phenolic OH excluding ortho intramolecular Hbond substituents is 1. The van der Waals surface area contributed by atoms with E-state index in [2.05, 4.69) is 13.8 Å². The van der Waals surface area contributed by atoms with E-state index in [9.17, 15) is 19.2 Å². The van der Waals surface area contributed by atoms with Gasteiger partial charge in [0.15, 0.2) is 0 Å². The quantitative estimate of drug-likeness (QED) is 0.0791. The normalized spacial score (nSPS) is 21.0. The van der Waals surface area contributed by atoms with Crippen molar-refractivity contribution >= 4 is 23.9 Å². The van der Waals surface area contributed by atoms with Gasteiger partial charge in [0.25, 0.3) is 0 Å². The van der Waals surface area contributed by atoms with Crippen molar-refractivity contribution in [3.05, 3.63) is 24.3 Å². The smallest absolute Gasteiger partial charge is 0.316 e. The number of ether oxygens (including phenoxy) is 7. The number of rotatable bonds is 15. The average Bonchev–Trinajstić information content (AvgIpc) is 3.90. The zero-order valence-electron chi connectivity index (χ0n) is 36.1. The summed E-state index contributed by atoms with van der Waals surface area (Å²) in [4.78, 5) is 46.4. The van der Waals surface area contributed by atoms with Crippen molar-refractivity contribution in [1.82, 2.24) is 0 Å². The topological polar surface area (TPSA) is 156 Å². The van der Waals surface area contributed by atoms with E-state index >= 15 is 0 Å². The molecule has 0 saturated carbocycles. The summed E-state index contributed by atoms with van der Waals surface area (Å²) in [6.07, 6.45) is 5.29. The summed E-state index contributed by atoms with van der Waals surface area (Å²) in [7, 11) is 1.45. The van der Waals surface area contributed by atoms with Crippen molar-refractivity contribution in [3.8, 4) is 11.5 Å². The maximum absolute atomic E-state index is 11.7. The first-order chi connectivity index (χ1) is 25.7. The Morgan fingerprint density at radius 1 is 0.727 bits per heavy atom. The van der Waals surface area contributed by atoms with Crippen LogP contribution >= 0.6 is 0 Å². The number of methoxy groups -OCH3 is 1. The predicted octanol–water partition coefficient (Wildman–Crippen LogP) is 8.10. The second-order valence-corrected chi connectivity index (χ2v) is 16.7. The van der Waals surface area contributed by atoms with Crippen LogP contribution in [-0.4, -0.2) is 88.4 Å². The molecule has 4 rings (SSSR count). The minimum Gasteiger partial charge on any atom is -0.508 e. The average molecular weight is 781 g/mol. The first-order valence-corrected chi connectivity index (χ1v) is 19.9.